The Morgan fingerprint density at radius 3 is 3.15 bits per heavy atom. The molecule has 0 spiro atoms. The third-order valence-corrected chi connectivity index (χ3v) is 4.22. The summed E-state index contributed by atoms with van der Waals surface area (Å²) in [5.41, 5.74) is 2.12. The molecule has 0 radical (unpaired) electrons. The van der Waals surface area contributed by atoms with Crippen LogP contribution in [0.25, 0.3) is 5.65 Å². The lowest BCUT2D eigenvalue weighted by Gasteiger charge is -2.04. The van der Waals surface area contributed by atoms with Crippen molar-refractivity contribution in [2.24, 2.45) is 0 Å². The molecule has 0 aromatic carbocycles. The molecule has 0 amide bonds. The first-order chi connectivity index (χ1) is 9.90. The second kappa shape index (κ2) is 4.96. The number of imidazole rings is 1. The maximum absolute atomic E-state index is 5.31. The van der Waals surface area contributed by atoms with Crippen LogP contribution in [0.2, 0.25) is 0 Å². The summed E-state index contributed by atoms with van der Waals surface area (Å²) in [6.45, 7) is 0.818. The van der Waals surface area contributed by atoms with E-state index in [9.17, 15) is 0 Å². The number of oxazole rings is 1. The van der Waals surface area contributed by atoms with Gasteiger partial charge in [0.05, 0.1) is 11.9 Å². The summed E-state index contributed by atoms with van der Waals surface area (Å²) in [7, 11) is 0. The van der Waals surface area contributed by atoms with Crippen LogP contribution in [-0.4, -0.2) is 20.4 Å². The third kappa shape index (κ3) is 2.32. The summed E-state index contributed by atoms with van der Waals surface area (Å²) in [4.78, 5) is 8.83. The fraction of sp³-hybridized carbons (Fsp3) is 0.286. The number of nitrogens with one attached hydrogen (secondary N) is 1. The molecule has 1 aliphatic carbocycles. The van der Waals surface area contributed by atoms with Gasteiger partial charge in [-0.1, -0.05) is 6.07 Å². The van der Waals surface area contributed by atoms with Crippen LogP contribution in [0.5, 0.6) is 0 Å². The minimum Gasteiger partial charge on any atom is -0.440 e. The first-order valence-electron chi connectivity index (χ1n) is 6.67. The Kier molecular flexibility index (Phi) is 2.97. The van der Waals surface area contributed by atoms with Gasteiger partial charge in [0.1, 0.15) is 16.9 Å². The van der Waals surface area contributed by atoms with Crippen molar-refractivity contribution in [1.29, 1.82) is 0 Å². The van der Waals surface area contributed by atoms with Crippen LogP contribution in [0.1, 0.15) is 18.5 Å². The van der Waals surface area contributed by atoms with E-state index in [1.54, 1.807) is 12.5 Å². The van der Waals surface area contributed by atoms with Crippen LogP contribution in [0.3, 0.4) is 0 Å². The molecular weight excluding hydrogens is 272 g/mol. The van der Waals surface area contributed by atoms with Crippen LogP contribution in [0.15, 0.2) is 51.5 Å². The predicted octanol–water partition coefficient (Wildman–Crippen LogP) is 2.73. The smallest absolute Gasteiger partial charge is 0.262 e. The molecule has 0 atom stereocenters. The number of rotatable bonds is 5. The van der Waals surface area contributed by atoms with Gasteiger partial charge in [-0.25, -0.2) is 9.97 Å². The molecule has 0 unspecified atom stereocenters. The maximum Gasteiger partial charge on any atom is 0.262 e. The molecule has 1 aliphatic rings. The van der Waals surface area contributed by atoms with Crippen molar-refractivity contribution in [2.75, 3.05) is 0 Å². The monoisotopic (exact) mass is 286 g/mol. The van der Waals surface area contributed by atoms with Crippen molar-refractivity contribution in [3.63, 3.8) is 0 Å². The van der Waals surface area contributed by atoms with Gasteiger partial charge in [-0.15, -0.1) is 0 Å². The summed E-state index contributed by atoms with van der Waals surface area (Å²) in [6.07, 6.45) is 7.84. The summed E-state index contributed by atoms with van der Waals surface area (Å²) in [6, 6.07) is 6.71. The highest BCUT2D eigenvalue weighted by molar-refractivity contribution is 7.99. The largest absolute Gasteiger partial charge is 0.440 e. The first-order valence-corrected chi connectivity index (χ1v) is 7.48. The third-order valence-electron chi connectivity index (χ3n) is 3.32. The molecule has 5 nitrogen and oxygen atoms in total. The first kappa shape index (κ1) is 12.0. The molecule has 1 saturated carbocycles. The molecule has 0 aliphatic heterocycles. The van der Waals surface area contributed by atoms with Gasteiger partial charge in [0, 0.05) is 18.8 Å². The lowest BCUT2D eigenvalue weighted by atomic mass is 10.4. The topological polar surface area (TPSA) is 55.4 Å². The summed E-state index contributed by atoms with van der Waals surface area (Å²) >= 11 is 1.47. The normalized spacial score (nSPS) is 15.0. The summed E-state index contributed by atoms with van der Waals surface area (Å²) in [5.74, 6) is 0. The van der Waals surface area contributed by atoms with Crippen molar-refractivity contribution < 1.29 is 4.42 Å². The average molecular weight is 286 g/mol. The molecule has 20 heavy (non-hydrogen) atoms. The highest BCUT2D eigenvalue weighted by atomic mass is 32.2. The lowest BCUT2D eigenvalue weighted by molar-refractivity contribution is 0.454. The zero-order valence-electron chi connectivity index (χ0n) is 10.8. The molecule has 0 saturated heterocycles. The van der Waals surface area contributed by atoms with Crippen LogP contribution in [0.4, 0.5) is 0 Å². The lowest BCUT2D eigenvalue weighted by Crippen LogP contribution is -2.17. The zero-order chi connectivity index (χ0) is 13.4. The van der Waals surface area contributed by atoms with Gasteiger partial charge in [-0.05, 0) is 36.7 Å². The molecule has 102 valence electrons. The Labute approximate surface area is 120 Å². The molecular formula is C14H14N4OS. The Morgan fingerprint density at radius 2 is 2.35 bits per heavy atom. The Hall–Kier alpha value is -1.79. The number of fused-ring (bicyclic) bond motifs is 1. The Balaban J connectivity index is 1.70. The Morgan fingerprint density at radius 1 is 1.40 bits per heavy atom. The van der Waals surface area contributed by atoms with Gasteiger partial charge >= 0.3 is 0 Å². The van der Waals surface area contributed by atoms with Gasteiger partial charge in [0.2, 0.25) is 0 Å². The number of hydrogen-bond donors (Lipinski definition) is 1. The van der Waals surface area contributed by atoms with E-state index in [4.69, 9.17) is 4.42 Å². The fourth-order valence-corrected chi connectivity index (χ4v) is 2.95. The van der Waals surface area contributed by atoms with Gasteiger partial charge in [0.25, 0.3) is 5.22 Å². The SMILES string of the molecule is c1ccn2c(CNC3CC3)c(Sc3ncco3)nc2c1. The molecule has 3 aromatic heterocycles. The summed E-state index contributed by atoms with van der Waals surface area (Å²) in [5, 5.41) is 5.12. The Bertz CT molecular complexity index is 718. The minimum atomic E-state index is 0.626. The number of hydrogen-bond acceptors (Lipinski definition) is 5. The summed E-state index contributed by atoms with van der Waals surface area (Å²) < 4.78 is 7.43. The van der Waals surface area contributed by atoms with Crippen LogP contribution in [-0.2, 0) is 6.54 Å². The van der Waals surface area contributed by atoms with E-state index in [0.717, 1.165) is 22.9 Å². The highest BCUT2D eigenvalue weighted by Crippen LogP contribution is 2.30. The second-order valence-electron chi connectivity index (χ2n) is 4.85. The quantitative estimate of drug-likeness (QED) is 0.781. The predicted molar refractivity (Wildman–Crippen MR) is 75.7 cm³/mol. The zero-order valence-corrected chi connectivity index (χ0v) is 11.6. The van der Waals surface area contributed by atoms with Crippen LogP contribution < -0.4 is 5.32 Å². The number of nitrogens with zero attached hydrogens (tertiary/aromatic N) is 3. The molecule has 0 bridgehead atoms. The average Bonchev–Trinajstić information content (AvgIpc) is 3.03. The second-order valence-corrected chi connectivity index (χ2v) is 5.79. The molecule has 3 heterocycles. The number of pyridine rings is 1. The van der Waals surface area contributed by atoms with Gasteiger partial charge in [-0.3, -0.25) is 0 Å². The fourth-order valence-electron chi connectivity index (χ4n) is 2.14. The molecule has 1 fully saturated rings. The van der Waals surface area contributed by atoms with E-state index in [2.05, 4.69) is 19.7 Å². The van der Waals surface area contributed by atoms with E-state index >= 15 is 0 Å². The van der Waals surface area contributed by atoms with E-state index in [-0.39, 0.29) is 0 Å². The number of aromatic nitrogens is 3. The van der Waals surface area contributed by atoms with E-state index in [1.807, 2.05) is 24.4 Å². The van der Waals surface area contributed by atoms with Crippen molar-refractivity contribution in [3.8, 4) is 0 Å². The van der Waals surface area contributed by atoms with Crippen molar-refractivity contribution in [2.45, 2.75) is 35.7 Å². The van der Waals surface area contributed by atoms with Crippen molar-refractivity contribution in [1.82, 2.24) is 19.7 Å². The molecule has 6 heteroatoms. The van der Waals surface area contributed by atoms with Gasteiger partial charge in [-0.2, -0.15) is 0 Å². The standard InChI is InChI=1S/C14H14N4OS/c1-2-7-18-11(9-16-10-4-5-10)13(17-12(18)3-1)20-14-15-6-8-19-14/h1-3,6-8,10,16H,4-5,9H2. The van der Waals surface area contributed by atoms with Gasteiger partial charge in [0.15, 0.2) is 0 Å². The molecule has 1 N–H and O–H groups in total. The van der Waals surface area contributed by atoms with E-state index in [0.29, 0.717) is 11.3 Å². The van der Waals surface area contributed by atoms with Crippen LogP contribution in [0, 0.1) is 0 Å². The maximum atomic E-state index is 5.31. The van der Waals surface area contributed by atoms with Crippen molar-refractivity contribution >= 4 is 17.4 Å². The molecule has 4 rings (SSSR count). The van der Waals surface area contributed by atoms with Crippen molar-refractivity contribution in [3.05, 3.63) is 42.5 Å². The van der Waals surface area contributed by atoms with E-state index < -0.39 is 0 Å². The highest BCUT2D eigenvalue weighted by Gasteiger charge is 2.22. The minimum absolute atomic E-state index is 0.626. The van der Waals surface area contributed by atoms with Crippen LogP contribution >= 0.6 is 11.8 Å². The molecule has 3 aromatic rings. The van der Waals surface area contributed by atoms with Gasteiger partial charge < -0.3 is 14.1 Å². The van der Waals surface area contributed by atoms with E-state index in [1.165, 1.54) is 24.6 Å².